The molecule has 178 valence electrons. The van der Waals surface area contributed by atoms with Crippen LogP contribution in [0.1, 0.15) is 32.1 Å². The van der Waals surface area contributed by atoms with Gasteiger partial charge in [0.05, 0.1) is 12.1 Å². The lowest BCUT2D eigenvalue weighted by atomic mass is 10.1. The Morgan fingerprint density at radius 1 is 1.09 bits per heavy atom. The Hall–Kier alpha value is -3.88. The normalized spacial score (nSPS) is 14.7. The summed E-state index contributed by atoms with van der Waals surface area (Å²) >= 11 is 0. The summed E-state index contributed by atoms with van der Waals surface area (Å²) in [7, 11) is 0. The van der Waals surface area contributed by atoms with Gasteiger partial charge in [-0.25, -0.2) is 4.79 Å². The van der Waals surface area contributed by atoms with Crippen molar-refractivity contribution in [1.82, 2.24) is 4.57 Å². The molecule has 0 spiro atoms. The highest BCUT2D eigenvalue weighted by Gasteiger charge is 2.24. The number of fused-ring (bicyclic) bond motifs is 1. The Labute approximate surface area is 194 Å². The third-order valence-electron chi connectivity index (χ3n) is 5.48. The van der Waals surface area contributed by atoms with Crippen molar-refractivity contribution in [3.8, 4) is 17.2 Å². The molecule has 0 radical (unpaired) electrons. The number of para-hydroxylation sites is 2. The average Bonchev–Trinajstić information content (AvgIpc) is 3.10. The van der Waals surface area contributed by atoms with Gasteiger partial charge in [-0.3, -0.25) is 4.79 Å². The molecule has 0 fully saturated rings. The van der Waals surface area contributed by atoms with Gasteiger partial charge in [-0.05, 0) is 56.3 Å². The molecule has 1 aromatic heterocycles. The molecule has 34 heavy (non-hydrogen) atoms. The van der Waals surface area contributed by atoms with Gasteiger partial charge in [0.2, 0.25) is 5.78 Å². The number of esters is 1. The Morgan fingerprint density at radius 2 is 1.79 bits per heavy atom. The number of halogens is 2. The molecule has 0 amide bonds. The van der Waals surface area contributed by atoms with E-state index in [-0.39, 0.29) is 23.2 Å². The molecule has 4 rings (SSSR count). The van der Waals surface area contributed by atoms with Crippen LogP contribution >= 0.6 is 0 Å². The summed E-state index contributed by atoms with van der Waals surface area (Å²) < 4.78 is 47.6. The SMILES string of the molecule is Cc1cc(C(=O)COC(=O)c2ccc(OC(F)F)cc2)c(C)n1CC1COc2ccccc2O1. The number of Topliss-reactive ketones (excluding diaryl/α,β-unsaturated/α-hetero) is 1. The summed E-state index contributed by atoms with van der Waals surface area (Å²) in [6, 6.07) is 14.2. The molecule has 0 bridgehead atoms. The maximum absolute atomic E-state index is 12.7. The number of carbonyl (C=O) groups is 2. The van der Waals surface area contributed by atoms with Crippen LogP contribution in [0, 0.1) is 13.8 Å². The zero-order valence-corrected chi connectivity index (χ0v) is 18.6. The fourth-order valence-corrected chi connectivity index (χ4v) is 3.79. The number of hydrogen-bond acceptors (Lipinski definition) is 6. The fraction of sp³-hybridized carbons (Fsp3) is 0.280. The third kappa shape index (κ3) is 5.19. The van der Waals surface area contributed by atoms with Gasteiger partial charge in [0.15, 0.2) is 24.2 Å². The summed E-state index contributed by atoms with van der Waals surface area (Å²) in [4.78, 5) is 25.0. The number of rotatable bonds is 8. The molecule has 0 saturated heterocycles. The van der Waals surface area contributed by atoms with E-state index in [2.05, 4.69) is 4.74 Å². The van der Waals surface area contributed by atoms with Crippen LogP contribution in [0.3, 0.4) is 0 Å². The van der Waals surface area contributed by atoms with E-state index in [0.29, 0.717) is 30.2 Å². The monoisotopic (exact) mass is 471 g/mol. The highest BCUT2D eigenvalue weighted by Crippen LogP contribution is 2.31. The van der Waals surface area contributed by atoms with Crippen molar-refractivity contribution in [2.75, 3.05) is 13.2 Å². The Kier molecular flexibility index (Phi) is 6.81. The summed E-state index contributed by atoms with van der Waals surface area (Å²) in [5, 5.41) is 0. The zero-order valence-electron chi connectivity index (χ0n) is 18.6. The molecule has 1 unspecified atom stereocenters. The van der Waals surface area contributed by atoms with E-state index in [9.17, 15) is 18.4 Å². The summed E-state index contributed by atoms with van der Waals surface area (Å²) in [6.45, 7) is 1.18. The number of hydrogen-bond donors (Lipinski definition) is 0. The maximum Gasteiger partial charge on any atom is 0.387 e. The standard InChI is InChI=1S/C25H23F2NO6/c1-15-11-20(16(2)28(15)12-19-13-31-22-5-3-4-6-23(22)33-19)21(29)14-32-24(30)17-7-9-18(10-8-17)34-25(26)27/h3-11,19,25H,12-14H2,1-2H3. The summed E-state index contributed by atoms with van der Waals surface area (Å²) in [5.41, 5.74) is 2.16. The van der Waals surface area contributed by atoms with Gasteiger partial charge in [-0.2, -0.15) is 8.78 Å². The minimum absolute atomic E-state index is 0.0779. The van der Waals surface area contributed by atoms with Gasteiger partial charge in [0, 0.05) is 17.0 Å². The minimum Gasteiger partial charge on any atom is -0.486 e. The van der Waals surface area contributed by atoms with Crippen molar-refractivity contribution in [3.63, 3.8) is 0 Å². The number of carbonyl (C=O) groups excluding carboxylic acids is 2. The molecular formula is C25H23F2NO6. The Balaban J connectivity index is 1.37. The van der Waals surface area contributed by atoms with E-state index in [4.69, 9.17) is 14.2 Å². The lowest BCUT2D eigenvalue weighted by Gasteiger charge is -2.27. The number of nitrogens with zero attached hydrogens (tertiary/aromatic N) is 1. The quantitative estimate of drug-likeness (QED) is 0.354. The number of ether oxygens (including phenoxy) is 4. The van der Waals surface area contributed by atoms with Crippen molar-refractivity contribution >= 4 is 11.8 Å². The van der Waals surface area contributed by atoms with E-state index in [1.165, 1.54) is 24.3 Å². The molecule has 7 nitrogen and oxygen atoms in total. The first kappa shape index (κ1) is 23.3. The van der Waals surface area contributed by atoms with Gasteiger partial charge in [-0.15, -0.1) is 0 Å². The van der Waals surface area contributed by atoms with Crippen molar-refractivity contribution in [1.29, 1.82) is 0 Å². The van der Waals surface area contributed by atoms with Crippen LogP contribution in [0.2, 0.25) is 0 Å². The highest BCUT2D eigenvalue weighted by molar-refractivity contribution is 6.00. The van der Waals surface area contributed by atoms with Crippen molar-refractivity contribution in [2.45, 2.75) is 33.1 Å². The van der Waals surface area contributed by atoms with Gasteiger partial charge in [-0.1, -0.05) is 12.1 Å². The third-order valence-corrected chi connectivity index (χ3v) is 5.48. The molecule has 9 heteroatoms. The van der Waals surface area contributed by atoms with E-state index >= 15 is 0 Å². The summed E-state index contributed by atoms with van der Waals surface area (Å²) in [5.74, 6) is 0.214. The molecule has 0 saturated carbocycles. The van der Waals surface area contributed by atoms with Gasteiger partial charge >= 0.3 is 12.6 Å². The van der Waals surface area contributed by atoms with Crippen LogP contribution < -0.4 is 14.2 Å². The summed E-state index contributed by atoms with van der Waals surface area (Å²) in [6.07, 6.45) is -0.225. The van der Waals surface area contributed by atoms with Crippen LogP contribution in [-0.2, 0) is 11.3 Å². The number of ketones is 1. The molecule has 1 atom stereocenters. The molecule has 1 aliphatic heterocycles. The second kappa shape index (κ2) is 9.94. The highest BCUT2D eigenvalue weighted by atomic mass is 19.3. The molecule has 2 heterocycles. The first-order chi connectivity index (χ1) is 16.3. The molecule has 0 N–H and O–H groups in total. The second-order valence-electron chi connectivity index (χ2n) is 7.80. The van der Waals surface area contributed by atoms with E-state index < -0.39 is 19.2 Å². The van der Waals surface area contributed by atoms with Gasteiger partial charge < -0.3 is 23.5 Å². The van der Waals surface area contributed by atoms with E-state index in [1.54, 1.807) is 6.07 Å². The number of aryl methyl sites for hydroxylation is 1. The van der Waals surface area contributed by atoms with Crippen LogP contribution in [0.25, 0.3) is 0 Å². The molecular weight excluding hydrogens is 448 g/mol. The fourth-order valence-electron chi connectivity index (χ4n) is 3.79. The number of aromatic nitrogens is 1. The van der Waals surface area contributed by atoms with Crippen molar-refractivity contribution in [3.05, 3.63) is 77.1 Å². The topological polar surface area (TPSA) is 76.0 Å². The van der Waals surface area contributed by atoms with Crippen LogP contribution in [0.5, 0.6) is 17.2 Å². The van der Waals surface area contributed by atoms with Crippen LogP contribution in [-0.4, -0.2) is 42.2 Å². The van der Waals surface area contributed by atoms with Crippen LogP contribution in [0.4, 0.5) is 8.78 Å². The zero-order chi connectivity index (χ0) is 24.2. The predicted molar refractivity (Wildman–Crippen MR) is 118 cm³/mol. The molecule has 3 aromatic rings. The predicted octanol–water partition coefficient (Wildman–Crippen LogP) is 4.59. The van der Waals surface area contributed by atoms with E-state index in [0.717, 1.165) is 11.4 Å². The minimum atomic E-state index is -2.96. The van der Waals surface area contributed by atoms with Crippen LogP contribution in [0.15, 0.2) is 54.6 Å². The maximum atomic E-state index is 12.7. The second-order valence-corrected chi connectivity index (χ2v) is 7.80. The average molecular weight is 471 g/mol. The molecule has 0 aliphatic carbocycles. The lowest BCUT2D eigenvalue weighted by Crippen LogP contribution is -2.33. The number of benzene rings is 2. The number of alkyl halides is 2. The van der Waals surface area contributed by atoms with Gasteiger partial charge in [0.1, 0.15) is 12.4 Å². The van der Waals surface area contributed by atoms with E-state index in [1.807, 2.05) is 42.7 Å². The lowest BCUT2D eigenvalue weighted by molar-refractivity contribution is -0.0498. The largest absolute Gasteiger partial charge is 0.486 e. The first-order valence-electron chi connectivity index (χ1n) is 10.6. The Morgan fingerprint density at radius 3 is 2.50 bits per heavy atom. The van der Waals surface area contributed by atoms with Gasteiger partial charge in [0.25, 0.3) is 0 Å². The van der Waals surface area contributed by atoms with Crippen molar-refractivity contribution in [2.24, 2.45) is 0 Å². The first-order valence-corrected chi connectivity index (χ1v) is 10.6. The smallest absolute Gasteiger partial charge is 0.387 e. The molecule has 1 aliphatic rings. The molecule has 2 aromatic carbocycles. The van der Waals surface area contributed by atoms with Crippen molar-refractivity contribution < 1.29 is 37.3 Å². The Bertz CT molecular complexity index is 1190.